The number of hydrogen-bond acceptors (Lipinski definition) is 5. The Hall–Kier alpha value is -2.70. The van der Waals surface area contributed by atoms with Gasteiger partial charge in [-0.25, -0.2) is 9.37 Å². The number of rotatable bonds is 4. The fourth-order valence-electron chi connectivity index (χ4n) is 4.38. The molecule has 0 unspecified atom stereocenters. The van der Waals surface area contributed by atoms with Gasteiger partial charge in [-0.1, -0.05) is 19.3 Å². The van der Waals surface area contributed by atoms with Crippen LogP contribution >= 0.6 is 0 Å². The highest BCUT2D eigenvalue weighted by atomic mass is 19.1. The minimum absolute atomic E-state index is 0.241. The van der Waals surface area contributed by atoms with E-state index in [0.29, 0.717) is 30.3 Å². The fourth-order valence-corrected chi connectivity index (χ4v) is 4.38. The van der Waals surface area contributed by atoms with Gasteiger partial charge in [-0.3, -0.25) is 9.78 Å². The summed E-state index contributed by atoms with van der Waals surface area (Å²) in [6, 6.07) is 5.52. The Morgan fingerprint density at radius 3 is 2.76 bits per heavy atom. The van der Waals surface area contributed by atoms with Crippen molar-refractivity contribution in [3.05, 3.63) is 42.0 Å². The van der Waals surface area contributed by atoms with Crippen LogP contribution in [0.2, 0.25) is 0 Å². The first-order chi connectivity index (χ1) is 14.1. The summed E-state index contributed by atoms with van der Waals surface area (Å²) in [7, 11) is 0. The van der Waals surface area contributed by atoms with Crippen LogP contribution in [0.4, 0.5) is 21.5 Å². The second-order valence-electron chi connectivity index (χ2n) is 8.04. The molecular weight excluding hydrogens is 369 g/mol. The summed E-state index contributed by atoms with van der Waals surface area (Å²) in [4.78, 5) is 23.7. The lowest BCUT2D eigenvalue weighted by Crippen LogP contribution is -2.37. The van der Waals surface area contributed by atoms with E-state index in [1.165, 1.54) is 19.3 Å². The topological polar surface area (TPSA) is 84.1 Å². The molecule has 3 heterocycles. The number of halogens is 1. The Kier molecular flexibility index (Phi) is 5.92. The maximum Gasteiger partial charge on any atom is 0.276 e. The highest BCUT2D eigenvalue weighted by Crippen LogP contribution is 2.33. The summed E-state index contributed by atoms with van der Waals surface area (Å²) < 4.78 is 13.9. The normalized spacial score (nSPS) is 20.4. The number of nitrogens with one attached hydrogen (secondary N) is 1. The molecule has 1 amide bonds. The van der Waals surface area contributed by atoms with Crippen molar-refractivity contribution in [3.8, 4) is 0 Å². The largest absolute Gasteiger partial charge is 0.397 e. The standard InChI is InChI=1S/C22H28FN5O/c23-16-7-4-12-28(14-16)20-10-11-25-13-19(20)27-22(29)21-17(24)8-9-18(26-21)15-5-2-1-3-6-15/h8-11,13,15-16H,1-7,12,14,24H2,(H,27,29)/t16-/m1/s1. The number of hydrogen-bond donors (Lipinski definition) is 2. The number of pyridine rings is 2. The molecule has 0 spiro atoms. The van der Waals surface area contributed by atoms with Crippen LogP contribution < -0.4 is 16.0 Å². The minimum Gasteiger partial charge on any atom is -0.397 e. The number of anilines is 3. The van der Waals surface area contributed by atoms with Gasteiger partial charge in [0, 0.05) is 30.9 Å². The maximum atomic E-state index is 13.9. The van der Waals surface area contributed by atoms with Crippen molar-refractivity contribution in [2.45, 2.75) is 57.0 Å². The van der Waals surface area contributed by atoms with Crippen molar-refractivity contribution in [3.63, 3.8) is 0 Å². The number of aromatic nitrogens is 2. The summed E-state index contributed by atoms with van der Waals surface area (Å²) in [6.07, 6.45) is 9.62. The van der Waals surface area contributed by atoms with Crippen LogP contribution in [0.5, 0.6) is 0 Å². The zero-order chi connectivity index (χ0) is 20.2. The van der Waals surface area contributed by atoms with E-state index in [4.69, 9.17) is 5.73 Å². The number of carbonyl (C=O) groups excluding carboxylic acids is 1. The molecule has 1 aliphatic heterocycles. The van der Waals surface area contributed by atoms with Gasteiger partial charge in [0.15, 0.2) is 5.69 Å². The van der Waals surface area contributed by atoms with Crippen LogP contribution in [0, 0.1) is 0 Å². The van der Waals surface area contributed by atoms with Gasteiger partial charge in [0.05, 0.1) is 23.3 Å². The van der Waals surface area contributed by atoms with Gasteiger partial charge in [-0.15, -0.1) is 0 Å². The average Bonchev–Trinajstić information content (AvgIpc) is 2.75. The van der Waals surface area contributed by atoms with Gasteiger partial charge in [0.25, 0.3) is 5.91 Å². The average molecular weight is 397 g/mol. The second-order valence-corrected chi connectivity index (χ2v) is 8.04. The number of piperidine rings is 1. The Morgan fingerprint density at radius 2 is 1.97 bits per heavy atom. The first-order valence-electron chi connectivity index (χ1n) is 10.5. The molecule has 0 radical (unpaired) electrons. The zero-order valence-electron chi connectivity index (χ0n) is 16.6. The molecule has 154 valence electrons. The predicted molar refractivity (Wildman–Crippen MR) is 113 cm³/mol. The van der Waals surface area contributed by atoms with Crippen LogP contribution in [-0.4, -0.2) is 35.1 Å². The first kappa shape index (κ1) is 19.6. The van der Waals surface area contributed by atoms with Gasteiger partial charge in [0.1, 0.15) is 6.17 Å². The Balaban J connectivity index is 1.55. The third-order valence-corrected chi connectivity index (χ3v) is 5.94. The van der Waals surface area contributed by atoms with E-state index >= 15 is 0 Å². The molecule has 3 N–H and O–H groups in total. The van der Waals surface area contributed by atoms with Gasteiger partial charge in [0.2, 0.25) is 0 Å². The fraction of sp³-hybridized carbons (Fsp3) is 0.500. The molecule has 1 aliphatic carbocycles. The number of nitrogen functional groups attached to an aromatic ring is 1. The van der Waals surface area contributed by atoms with E-state index in [-0.39, 0.29) is 11.6 Å². The summed E-state index contributed by atoms with van der Waals surface area (Å²) in [6.45, 7) is 1.08. The highest BCUT2D eigenvalue weighted by molar-refractivity contribution is 6.07. The van der Waals surface area contributed by atoms with Crippen molar-refractivity contribution < 1.29 is 9.18 Å². The van der Waals surface area contributed by atoms with E-state index in [1.54, 1.807) is 18.5 Å². The molecule has 2 aliphatic rings. The van der Waals surface area contributed by atoms with Crippen LogP contribution in [0.1, 0.15) is 67.0 Å². The molecule has 2 fully saturated rings. The summed E-state index contributed by atoms with van der Waals surface area (Å²) in [5.41, 5.74) is 8.93. The molecule has 7 heteroatoms. The maximum absolute atomic E-state index is 13.9. The zero-order valence-corrected chi connectivity index (χ0v) is 16.6. The quantitative estimate of drug-likeness (QED) is 0.804. The Bertz CT molecular complexity index is 868. The first-order valence-corrected chi connectivity index (χ1v) is 10.5. The molecule has 2 aromatic rings. The van der Waals surface area contributed by atoms with Crippen molar-refractivity contribution >= 4 is 23.0 Å². The molecule has 29 heavy (non-hydrogen) atoms. The second kappa shape index (κ2) is 8.76. The van der Waals surface area contributed by atoms with Crippen molar-refractivity contribution in [1.29, 1.82) is 0 Å². The van der Waals surface area contributed by atoms with Crippen molar-refractivity contribution in [2.24, 2.45) is 0 Å². The van der Waals surface area contributed by atoms with E-state index in [2.05, 4.69) is 15.3 Å². The van der Waals surface area contributed by atoms with Crippen molar-refractivity contribution in [1.82, 2.24) is 9.97 Å². The lowest BCUT2D eigenvalue weighted by atomic mass is 9.86. The predicted octanol–water partition coefficient (Wildman–Crippen LogP) is 4.30. The van der Waals surface area contributed by atoms with Crippen LogP contribution in [0.25, 0.3) is 0 Å². The molecule has 1 atom stereocenters. The SMILES string of the molecule is Nc1ccc(C2CCCCC2)nc1C(=O)Nc1cnccc1N1CCC[C@@H](F)C1. The van der Waals surface area contributed by atoms with E-state index in [9.17, 15) is 9.18 Å². The monoisotopic (exact) mass is 397 g/mol. The molecule has 0 aromatic carbocycles. The molecule has 1 saturated carbocycles. The van der Waals surface area contributed by atoms with E-state index in [1.807, 2.05) is 17.0 Å². The molecule has 4 rings (SSSR count). The lowest BCUT2D eigenvalue weighted by molar-refractivity contribution is 0.102. The third-order valence-electron chi connectivity index (χ3n) is 5.94. The van der Waals surface area contributed by atoms with E-state index in [0.717, 1.165) is 37.2 Å². The number of alkyl halides is 1. The highest BCUT2D eigenvalue weighted by Gasteiger charge is 2.24. The molecule has 2 aromatic heterocycles. The molecule has 0 bridgehead atoms. The van der Waals surface area contributed by atoms with E-state index < -0.39 is 6.17 Å². The Labute approximate surface area is 170 Å². The van der Waals surface area contributed by atoms with Crippen LogP contribution in [0.15, 0.2) is 30.6 Å². The van der Waals surface area contributed by atoms with Crippen LogP contribution in [-0.2, 0) is 0 Å². The van der Waals surface area contributed by atoms with Gasteiger partial charge < -0.3 is 16.0 Å². The lowest BCUT2D eigenvalue weighted by Gasteiger charge is -2.32. The number of nitrogens with zero attached hydrogens (tertiary/aromatic N) is 3. The molecular formula is C22H28FN5O. The van der Waals surface area contributed by atoms with Gasteiger partial charge in [-0.05, 0) is 43.9 Å². The van der Waals surface area contributed by atoms with Crippen molar-refractivity contribution in [2.75, 3.05) is 29.0 Å². The molecule has 6 nitrogen and oxygen atoms in total. The third kappa shape index (κ3) is 4.49. The smallest absolute Gasteiger partial charge is 0.276 e. The van der Waals surface area contributed by atoms with Gasteiger partial charge >= 0.3 is 0 Å². The number of carbonyl (C=O) groups is 1. The molecule has 1 saturated heterocycles. The summed E-state index contributed by atoms with van der Waals surface area (Å²) >= 11 is 0. The number of nitrogens with two attached hydrogens (primary N) is 1. The van der Waals surface area contributed by atoms with Crippen LogP contribution in [0.3, 0.4) is 0 Å². The summed E-state index contributed by atoms with van der Waals surface area (Å²) in [5, 5.41) is 2.90. The summed E-state index contributed by atoms with van der Waals surface area (Å²) in [5.74, 6) is 0.0305. The van der Waals surface area contributed by atoms with Gasteiger partial charge in [-0.2, -0.15) is 0 Å². The Morgan fingerprint density at radius 1 is 1.14 bits per heavy atom. The minimum atomic E-state index is -0.857. The number of amides is 1.